The summed E-state index contributed by atoms with van der Waals surface area (Å²) in [4.78, 5) is 0. The third kappa shape index (κ3) is 1.73. The summed E-state index contributed by atoms with van der Waals surface area (Å²) in [6, 6.07) is 0. The molecule has 66 valence electrons. The Morgan fingerprint density at radius 1 is 1.50 bits per heavy atom. The highest BCUT2D eigenvalue weighted by Crippen LogP contribution is 2.23. The Kier molecular flexibility index (Phi) is 2.23. The van der Waals surface area contributed by atoms with Gasteiger partial charge in [-0.1, -0.05) is 11.3 Å². The number of hydrogen-bond donors (Lipinski definition) is 1. The number of rotatable bonds is 3. The summed E-state index contributed by atoms with van der Waals surface area (Å²) in [6.45, 7) is 0.569. The predicted octanol–water partition coefficient (Wildman–Crippen LogP) is 1.19. The summed E-state index contributed by atoms with van der Waals surface area (Å²) in [7, 11) is 0. The van der Waals surface area contributed by atoms with Crippen molar-refractivity contribution in [1.29, 1.82) is 0 Å². The van der Waals surface area contributed by atoms with E-state index in [-0.39, 0.29) is 0 Å². The van der Waals surface area contributed by atoms with Crippen molar-refractivity contribution >= 4 is 16.5 Å². The van der Waals surface area contributed by atoms with Gasteiger partial charge < -0.3 is 10.5 Å². The van der Waals surface area contributed by atoms with Gasteiger partial charge >= 0.3 is 0 Å². The van der Waals surface area contributed by atoms with Gasteiger partial charge in [0.25, 0.3) is 0 Å². The molecule has 0 aliphatic heterocycles. The van der Waals surface area contributed by atoms with E-state index in [2.05, 4.69) is 10.2 Å². The minimum absolute atomic E-state index is 0.454. The maximum atomic E-state index is 5.53. The SMILES string of the molecule is Nc1nnc(COC2CCC2)s1. The van der Waals surface area contributed by atoms with Crippen LogP contribution in [0.15, 0.2) is 0 Å². The first-order valence-electron chi connectivity index (χ1n) is 4.04. The highest BCUT2D eigenvalue weighted by Gasteiger charge is 2.18. The topological polar surface area (TPSA) is 61.0 Å². The molecule has 4 nitrogen and oxygen atoms in total. The third-order valence-electron chi connectivity index (χ3n) is 1.98. The molecule has 0 amide bonds. The van der Waals surface area contributed by atoms with Crippen molar-refractivity contribution in [2.24, 2.45) is 0 Å². The maximum Gasteiger partial charge on any atom is 0.203 e. The first-order chi connectivity index (χ1) is 5.84. The molecule has 0 bridgehead atoms. The molecule has 0 aromatic carbocycles. The van der Waals surface area contributed by atoms with E-state index in [1.165, 1.54) is 30.6 Å². The van der Waals surface area contributed by atoms with Crippen LogP contribution in [0.3, 0.4) is 0 Å². The largest absolute Gasteiger partial charge is 0.374 e. The summed E-state index contributed by atoms with van der Waals surface area (Å²) in [5.41, 5.74) is 5.42. The lowest BCUT2D eigenvalue weighted by Crippen LogP contribution is -2.21. The van der Waals surface area contributed by atoms with Crippen LogP contribution in [-0.4, -0.2) is 16.3 Å². The number of nitrogens with two attached hydrogens (primary N) is 1. The van der Waals surface area contributed by atoms with Crippen molar-refractivity contribution in [3.63, 3.8) is 0 Å². The molecule has 5 heteroatoms. The fraction of sp³-hybridized carbons (Fsp3) is 0.714. The lowest BCUT2D eigenvalue weighted by atomic mass is 9.96. The van der Waals surface area contributed by atoms with Gasteiger partial charge in [-0.15, -0.1) is 10.2 Å². The Morgan fingerprint density at radius 3 is 2.83 bits per heavy atom. The predicted molar refractivity (Wildman–Crippen MR) is 46.7 cm³/mol. The van der Waals surface area contributed by atoms with E-state index in [4.69, 9.17) is 10.5 Å². The lowest BCUT2D eigenvalue weighted by molar-refractivity contribution is -0.00892. The van der Waals surface area contributed by atoms with Gasteiger partial charge in [-0.25, -0.2) is 0 Å². The molecule has 0 unspecified atom stereocenters. The summed E-state index contributed by atoms with van der Waals surface area (Å²) in [6.07, 6.45) is 4.13. The highest BCUT2D eigenvalue weighted by atomic mass is 32.1. The second-order valence-corrected chi connectivity index (χ2v) is 3.99. The Labute approximate surface area is 74.8 Å². The summed E-state index contributed by atoms with van der Waals surface area (Å²) in [5.74, 6) is 0. The van der Waals surface area contributed by atoms with E-state index in [1.54, 1.807) is 0 Å². The Morgan fingerprint density at radius 2 is 2.33 bits per heavy atom. The zero-order valence-corrected chi connectivity index (χ0v) is 7.51. The van der Waals surface area contributed by atoms with Crippen molar-refractivity contribution in [2.45, 2.75) is 32.0 Å². The smallest absolute Gasteiger partial charge is 0.203 e. The van der Waals surface area contributed by atoms with Crippen molar-refractivity contribution in [2.75, 3.05) is 5.73 Å². The van der Waals surface area contributed by atoms with Crippen molar-refractivity contribution < 1.29 is 4.74 Å². The molecule has 1 aromatic rings. The summed E-state index contributed by atoms with van der Waals surface area (Å²) in [5, 5.41) is 8.96. The molecule has 0 atom stereocenters. The highest BCUT2D eigenvalue weighted by molar-refractivity contribution is 7.15. The number of nitrogens with zero attached hydrogens (tertiary/aromatic N) is 2. The van der Waals surface area contributed by atoms with E-state index in [1.807, 2.05) is 0 Å². The number of ether oxygens (including phenoxy) is 1. The average molecular weight is 185 g/mol. The van der Waals surface area contributed by atoms with Crippen LogP contribution in [0.1, 0.15) is 24.3 Å². The second-order valence-electron chi connectivity index (χ2n) is 2.90. The van der Waals surface area contributed by atoms with Crippen LogP contribution in [0.4, 0.5) is 5.13 Å². The Hall–Kier alpha value is -0.680. The molecule has 0 saturated heterocycles. The van der Waals surface area contributed by atoms with Gasteiger partial charge in [-0.05, 0) is 19.3 Å². The van der Waals surface area contributed by atoms with E-state index in [0.29, 0.717) is 17.8 Å². The monoisotopic (exact) mass is 185 g/mol. The maximum absolute atomic E-state index is 5.53. The van der Waals surface area contributed by atoms with Gasteiger partial charge in [0.2, 0.25) is 5.13 Å². The molecule has 2 N–H and O–H groups in total. The van der Waals surface area contributed by atoms with E-state index >= 15 is 0 Å². The third-order valence-corrected chi connectivity index (χ3v) is 2.70. The minimum atomic E-state index is 0.454. The van der Waals surface area contributed by atoms with Gasteiger partial charge in [-0.3, -0.25) is 0 Å². The first kappa shape index (κ1) is 7.94. The molecule has 1 aliphatic rings. The lowest BCUT2D eigenvalue weighted by Gasteiger charge is -2.24. The fourth-order valence-corrected chi connectivity index (χ4v) is 1.58. The van der Waals surface area contributed by atoms with Crippen LogP contribution in [0.25, 0.3) is 0 Å². The van der Waals surface area contributed by atoms with Crippen LogP contribution >= 0.6 is 11.3 Å². The second kappa shape index (κ2) is 3.37. The zero-order chi connectivity index (χ0) is 8.39. The molecule has 1 aliphatic carbocycles. The standard InChI is InChI=1S/C7H11N3OS/c8-7-10-9-6(12-7)4-11-5-2-1-3-5/h5H,1-4H2,(H2,8,10). The van der Waals surface area contributed by atoms with Crippen LogP contribution in [0, 0.1) is 0 Å². The number of anilines is 1. The summed E-state index contributed by atoms with van der Waals surface area (Å²) >= 11 is 1.39. The van der Waals surface area contributed by atoms with E-state index in [9.17, 15) is 0 Å². The number of aromatic nitrogens is 2. The Balaban J connectivity index is 1.79. The van der Waals surface area contributed by atoms with Crippen molar-refractivity contribution in [3.05, 3.63) is 5.01 Å². The fourth-order valence-electron chi connectivity index (χ4n) is 1.05. The average Bonchev–Trinajstić information content (AvgIpc) is 2.32. The molecule has 12 heavy (non-hydrogen) atoms. The number of hydrogen-bond acceptors (Lipinski definition) is 5. The molecule has 1 aromatic heterocycles. The van der Waals surface area contributed by atoms with Crippen LogP contribution in [0.2, 0.25) is 0 Å². The molecule has 1 heterocycles. The van der Waals surface area contributed by atoms with Crippen molar-refractivity contribution in [3.8, 4) is 0 Å². The Bertz CT molecular complexity index is 259. The van der Waals surface area contributed by atoms with Crippen LogP contribution in [-0.2, 0) is 11.3 Å². The summed E-state index contributed by atoms with van der Waals surface area (Å²) < 4.78 is 5.53. The van der Waals surface area contributed by atoms with Gasteiger partial charge in [0.15, 0.2) is 0 Å². The molecular formula is C7H11N3OS. The van der Waals surface area contributed by atoms with Gasteiger partial charge in [0.1, 0.15) is 11.6 Å². The molecule has 1 saturated carbocycles. The minimum Gasteiger partial charge on any atom is -0.374 e. The van der Waals surface area contributed by atoms with Gasteiger partial charge in [-0.2, -0.15) is 0 Å². The molecule has 1 fully saturated rings. The normalized spacial score (nSPS) is 17.7. The molecule has 2 rings (SSSR count). The van der Waals surface area contributed by atoms with Crippen LogP contribution in [0.5, 0.6) is 0 Å². The first-order valence-corrected chi connectivity index (χ1v) is 4.86. The van der Waals surface area contributed by atoms with Crippen LogP contribution < -0.4 is 5.73 Å². The van der Waals surface area contributed by atoms with E-state index in [0.717, 1.165) is 5.01 Å². The quantitative estimate of drug-likeness (QED) is 0.768. The molecule has 0 spiro atoms. The van der Waals surface area contributed by atoms with Crippen molar-refractivity contribution in [1.82, 2.24) is 10.2 Å². The molecule has 0 radical (unpaired) electrons. The van der Waals surface area contributed by atoms with E-state index < -0.39 is 0 Å². The van der Waals surface area contributed by atoms with Gasteiger partial charge in [0.05, 0.1) is 6.10 Å². The van der Waals surface area contributed by atoms with Gasteiger partial charge in [0, 0.05) is 0 Å². The number of nitrogen functional groups attached to an aromatic ring is 1. The molecular weight excluding hydrogens is 174 g/mol. The zero-order valence-electron chi connectivity index (χ0n) is 6.69.